The number of hydrogen-bond donors (Lipinski definition) is 2. The monoisotopic (exact) mass is 294 g/mol. The first-order chi connectivity index (χ1) is 10.7. The minimum absolute atomic E-state index is 0.591. The van der Waals surface area contributed by atoms with Crippen molar-refractivity contribution in [3.05, 3.63) is 65.9 Å². The summed E-state index contributed by atoms with van der Waals surface area (Å²) in [5.74, 6) is 3.10. The number of aromatic nitrogens is 2. The summed E-state index contributed by atoms with van der Waals surface area (Å²) in [5.41, 5.74) is 2.23. The van der Waals surface area contributed by atoms with E-state index >= 15 is 0 Å². The highest BCUT2D eigenvalue weighted by molar-refractivity contribution is 5.59. The number of nitrogens with one attached hydrogen (secondary N) is 2. The summed E-state index contributed by atoms with van der Waals surface area (Å²) in [6.07, 6.45) is 1.66. The van der Waals surface area contributed by atoms with E-state index in [9.17, 15) is 0 Å². The van der Waals surface area contributed by atoms with E-state index in [0.29, 0.717) is 12.4 Å². The SMILES string of the molecule is Cc1ccc(Nc2cc(NCc3ccco3)nc(C)n2)cc1. The van der Waals surface area contributed by atoms with Crippen LogP contribution < -0.4 is 10.6 Å². The van der Waals surface area contributed by atoms with E-state index in [4.69, 9.17) is 4.42 Å². The summed E-state index contributed by atoms with van der Waals surface area (Å²) in [6, 6.07) is 13.9. The third-order valence-electron chi connectivity index (χ3n) is 3.19. The molecular formula is C17H18N4O. The van der Waals surface area contributed by atoms with Crippen molar-refractivity contribution in [2.75, 3.05) is 10.6 Å². The van der Waals surface area contributed by atoms with Crippen molar-refractivity contribution in [1.29, 1.82) is 0 Å². The van der Waals surface area contributed by atoms with Gasteiger partial charge in [0.1, 0.15) is 23.2 Å². The molecule has 0 unspecified atom stereocenters. The number of aryl methyl sites for hydroxylation is 2. The normalized spacial score (nSPS) is 10.5. The highest BCUT2D eigenvalue weighted by Gasteiger charge is 2.03. The fourth-order valence-corrected chi connectivity index (χ4v) is 2.10. The molecule has 5 nitrogen and oxygen atoms in total. The van der Waals surface area contributed by atoms with Crippen molar-refractivity contribution in [1.82, 2.24) is 9.97 Å². The van der Waals surface area contributed by atoms with Gasteiger partial charge in [0.25, 0.3) is 0 Å². The number of benzene rings is 1. The average Bonchev–Trinajstić information content (AvgIpc) is 3.00. The summed E-state index contributed by atoms with van der Waals surface area (Å²) < 4.78 is 5.30. The van der Waals surface area contributed by atoms with Crippen LogP contribution >= 0.6 is 0 Å². The van der Waals surface area contributed by atoms with Gasteiger partial charge in [-0.2, -0.15) is 0 Å². The predicted molar refractivity (Wildman–Crippen MR) is 87.3 cm³/mol. The highest BCUT2D eigenvalue weighted by atomic mass is 16.3. The standard InChI is InChI=1S/C17H18N4O/c1-12-5-7-14(8-6-12)21-17-10-16(19-13(2)20-17)18-11-15-4-3-9-22-15/h3-10H,11H2,1-2H3,(H2,18,19,20,21). The summed E-state index contributed by atoms with van der Waals surface area (Å²) in [4.78, 5) is 8.80. The molecule has 1 aromatic carbocycles. The second-order valence-corrected chi connectivity index (χ2v) is 5.11. The van der Waals surface area contributed by atoms with Crippen LogP contribution in [0.15, 0.2) is 53.1 Å². The molecule has 22 heavy (non-hydrogen) atoms. The van der Waals surface area contributed by atoms with E-state index < -0.39 is 0 Å². The molecule has 0 saturated carbocycles. The van der Waals surface area contributed by atoms with Gasteiger partial charge in [-0.1, -0.05) is 17.7 Å². The topological polar surface area (TPSA) is 63.0 Å². The van der Waals surface area contributed by atoms with E-state index in [1.807, 2.05) is 37.3 Å². The summed E-state index contributed by atoms with van der Waals surface area (Å²) in [5, 5.41) is 6.53. The Balaban J connectivity index is 1.73. The summed E-state index contributed by atoms with van der Waals surface area (Å²) >= 11 is 0. The third-order valence-corrected chi connectivity index (χ3v) is 3.19. The van der Waals surface area contributed by atoms with Crippen LogP contribution in [0.3, 0.4) is 0 Å². The molecule has 0 bridgehead atoms. The predicted octanol–water partition coefficient (Wildman–Crippen LogP) is 4.04. The largest absolute Gasteiger partial charge is 0.467 e. The second-order valence-electron chi connectivity index (χ2n) is 5.11. The first-order valence-corrected chi connectivity index (χ1v) is 7.15. The van der Waals surface area contributed by atoms with Crippen LogP contribution in [-0.4, -0.2) is 9.97 Å². The Morgan fingerprint density at radius 3 is 2.50 bits per heavy atom. The molecule has 2 N–H and O–H groups in total. The number of nitrogens with zero attached hydrogens (tertiary/aromatic N) is 2. The van der Waals surface area contributed by atoms with Gasteiger partial charge in [0.05, 0.1) is 12.8 Å². The zero-order valence-corrected chi connectivity index (χ0v) is 12.6. The Morgan fingerprint density at radius 2 is 1.77 bits per heavy atom. The molecule has 0 aliphatic rings. The van der Waals surface area contributed by atoms with E-state index in [-0.39, 0.29) is 0 Å². The van der Waals surface area contributed by atoms with Gasteiger partial charge in [-0.3, -0.25) is 0 Å². The van der Waals surface area contributed by atoms with E-state index in [1.54, 1.807) is 6.26 Å². The van der Waals surface area contributed by atoms with Crippen LogP contribution in [0.1, 0.15) is 17.1 Å². The number of rotatable bonds is 5. The molecule has 3 aromatic rings. The van der Waals surface area contributed by atoms with Crippen LogP contribution in [0.2, 0.25) is 0 Å². The van der Waals surface area contributed by atoms with Gasteiger partial charge in [0, 0.05) is 11.8 Å². The maximum atomic E-state index is 5.30. The summed E-state index contributed by atoms with van der Waals surface area (Å²) in [7, 11) is 0. The number of furan rings is 1. The van der Waals surface area contributed by atoms with Gasteiger partial charge in [0.2, 0.25) is 0 Å². The van der Waals surface area contributed by atoms with Gasteiger partial charge in [-0.05, 0) is 38.1 Å². The minimum Gasteiger partial charge on any atom is -0.467 e. The molecule has 0 saturated heterocycles. The maximum Gasteiger partial charge on any atom is 0.136 e. The van der Waals surface area contributed by atoms with Crippen LogP contribution in [-0.2, 0) is 6.54 Å². The number of hydrogen-bond acceptors (Lipinski definition) is 5. The Bertz CT molecular complexity index is 736. The first-order valence-electron chi connectivity index (χ1n) is 7.15. The van der Waals surface area contributed by atoms with Crippen LogP contribution in [0.4, 0.5) is 17.3 Å². The van der Waals surface area contributed by atoms with Gasteiger partial charge in [0.15, 0.2) is 0 Å². The zero-order valence-electron chi connectivity index (χ0n) is 12.6. The Labute approximate surface area is 129 Å². The zero-order chi connectivity index (χ0) is 15.4. The van der Waals surface area contributed by atoms with Crippen molar-refractivity contribution in [3.8, 4) is 0 Å². The lowest BCUT2D eigenvalue weighted by Crippen LogP contribution is -2.04. The Kier molecular flexibility index (Phi) is 4.05. The van der Waals surface area contributed by atoms with Crippen LogP contribution in [0.5, 0.6) is 0 Å². The van der Waals surface area contributed by atoms with Crippen molar-refractivity contribution >= 4 is 17.3 Å². The minimum atomic E-state index is 0.591. The Hall–Kier alpha value is -2.82. The molecule has 5 heteroatoms. The van der Waals surface area contributed by atoms with E-state index in [2.05, 4.69) is 39.7 Å². The van der Waals surface area contributed by atoms with E-state index in [0.717, 1.165) is 23.1 Å². The molecule has 0 aliphatic heterocycles. The van der Waals surface area contributed by atoms with Crippen molar-refractivity contribution < 1.29 is 4.42 Å². The van der Waals surface area contributed by atoms with Gasteiger partial charge in [-0.15, -0.1) is 0 Å². The summed E-state index contributed by atoms with van der Waals surface area (Å²) in [6.45, 7) is 4.53. The molecule has 0 spiro atoms. The molecule has 0 atom stereocenters. The smallest absolute Gasteiger partial charge is 0.136 e. The highest BCUT2D eigenvalue weighted by Crippen LogP contribution is 2.18. The lowest BCUT2D eigenvalue weighted by atomic mass is 10.2. The molecule has 0 radical (unpaired) electrons. The van der Waals surface area contributed by atoms with Gasteiger partial charge in [-0.25, -0.2) is 9.97 Å². The lowest BCUT2D eigenvalue weighted by Gasteiger charge is -2.10. The molecule has 0 aliphatic carbocycles. The van der Waals surface area contributed by atoms with Crippen LogP contribution in [0, 0.1) is 13.8 Å². The first kappa shape index (κ1) is 14.1. The molecule has 0 amide bonds. The Morgan fingerprint density at radius 1 is 1.00 bits per heavy atom. The van der Waals surface area contributed by atoms with Crippen LogP contribution in [0.25, 0.3) is 0 Å². The van der Waals surface area contributed by atoms with Crippen molar-refractivity contribution in [2.24, 2.45) is 0 Å². The van der Waals surface area contributed by atoms with Gasteiger partial charge < -0.3 is 15.1 Å². The fourth-order valence-electron chi connectivity index (χ4n) is 2.10. The van der Waals surface area contributed by atoms with E-state index in [1.165, 1.54) is 5.56 Å². The average molecular weight is 294 g/mol. The number of anilines is 3. The molecule has 112 valence electrons. The molecular weight excluding hydrogens is 276 g/mol. The van der Waals surface area contributed by atoms with Gasteiger partial charge >= 0.3 is 0 Å². The maximum absolute atomic E-state index is 5.30. The molecule has 3 rings (SSSR count). The fraction of sp³-hybridized carbons (Fsp3) is 0.176. The second kappa shape index (κ2) is 6.30. The molecule has 0 fully saturated rings. The quantitative estimate of drug-likeness (QED) is 0.743. The lowest BCUT2D eigenvalue weighted by molar-refractivity contribution is 0.518. The van der Waals surface area contributed by atoms with Crippen molar-refractivity contribution in [3.63, 3.8) is 0 Å². The van der Waals surface area contributed by atoms with Crippen molar-refractivity contribution in [2.45, 2.75) is 20.4 Å². The molecule has 2 heterocycles. The molecule has 2 aromatic heterocycles. The third kappa shape index (κ3) is 3.63.